The third-order valence-electron chi connectivity index (χ3n) is 5.59. The second-order valence-electron chi connectivity index (χ2n) is 8.13. The summed E-state index contributed by atoms with van der Waals surface area (Å²) in [6.45, 7) is 0.233. The van der Waals surface area contributed by atoms with Gasteiger partial charge in [-0.3, -0.25) is 9.59 Å². The molecule has 6 nitrogen and oxygen atoms in total. The number of amides is 2. The fraction of sp³-hybridized carbons (Fsp3) is 0.391. The molecule has 0 spiro atoms. The van der Waals surface area contributed by atoms with Gasteiger partial charge in [0.25, 0.3) is 0 Å². The van der Waals surface area contributed by atoms with Crippen LogP contribution in [0.2, 0.25) is 0 Å². The topological polar surface area (TPSA) is 76.7 Å². The minimum Gasteiger partial charge on any atom is -0.497 e. The van der Waals surface area contributed by atoms with Crippen molar-refractivity contribution in [2.75, 3.05) is 7.11 Å². The number of benzene rings is 2. The fourth-order valence-corrected chi connectivity index (χ4v) is 3.32. The smallest absolute Gasteiger partial charge is 0.420 e. The lowest BCUT2D eigenvalue weighted by molar-refractivity contribution is -0.138. The highest BCUT2D eigenvalue weighted by Gasteiger charge is 2.52. The Balaban J connectivity index is 1.36. The van der Waals surface area contributed by atoms with E-state index in [4.69, 9.17) is 9.47 Å². The monoisotopic (exact) mass is 448 g/mol. The first kappa shape index (κ1) is 22.0. The van der Waals surface area contributed by atoms with E-state index in [1.54, 1.807) is 12.1 Å². The summed E-state index contributed by atoms with van der Waals surface area (Å²) in [5, 5.41) is 5.68. The Bertz CT molecular complexity index is 1010. The van der Waals surface area contributed by atoms with Crippen LogP contribution in [0.4, 0.5) is 13.2 Å². The van der Waals surface area contributed by atoms with E-state index in [-0.39, 0.29) is 41.5 Å². The minimum atomic E-state index is -4.60. The maximum absolute atomic E-state index is 13.3. The van der Waals surface area contributed by atoms with Crippen molar-refractivity contribution in [2.24, 2.45) is 5.92 Å². The van der Waals surface area contributed by atoms with Crippen molar-refractivity contribution in [3.05, 3.63) is 53.6 Å². The van der Waals surface area contributed by atoms with Crippen molar-refractivity contribution < 1.29 is 32.2 Å². The molecule has 0 radical (unpaired) electrons. The van der Waals surface area contributed by atoms with Gasteiger partial charge in [-0.2, -0.15) is 13.2 Å². The quantitative estimate of drug-likeness (QED) is 0.635. The van der Waals surface area contributed by atoms with Crippen LogP contribution in [-0.2, 0) is 22.3 Å². The molecule has 4 rings (SSSR count). The molecule has 2 saturated carbocycles. The van der Waals surface area contributed by atoms with Crippen molar-refractivity contribution in [1.82, 2.24) is 10.6 Å². The van der Waals surface area contributed by atoms with Gasteiger partial charge in [0.2, 0.25) is 11.8 Å². The number of hydrogen-bond acceptors (Lipinski definition) is 4. The molecule has 0 saturated heterocycles. The molecule has 170 valence electrons. The molecule has 2 N–H and O–H groups in total. The molecule has 0 aliphatic heterocycles. The molecule has 2 amide bonds. The highest BCUT2D eigenvalue weighted by Crippen LogP contribution is 2.40. The van der Waals surface area contributed by atoms with E-state index in [1.165, 1.54) is 31.4 Å². The van der Waals surface area contributed by atoms with Crippen LogP contribution >= 0.6 is 0 Å². The van der Waals surface area contributed by atoms with Crippen molar-refractivity contribution in [3.8, 4) is 17.2 Å². The van der Waals surface area contributed by atoms with Gasteiger partial charge in [-0.25, -0.2) is 0 Å². The van der Waals surface area contributed by atoms with Gasteiger partial charge in [0.15, 0.2) is 0 Å². The van der Waals surface area contributed by atoms with Gasteiger partial charge in [-0.05, 0) is 61.6 Å². The molecular weight excluding hydrogens is 425 g/mol. The van der Waals surface area contributed by atoms with Gasteiger partial charge >= 0.3 is 6.18 Å². The van der Waals surface area contributed by atoms with Gasteiger partial charge in [0.05, 0.1) is 7.11 Å². The standard InChI is InChI=1S/C23H23F3N2O4/c1-31-17-8-9-19(18(12-17)23(24,25)26)32-16-6-2-14(3-7-16)13-27-21(30)22(10-11-22)28-20(29)15-4-5-15/h2-3,6-9,12,15H,4-5,10-11,13H2,1H3,(H,27,30)(H,28,29). The second kappa shape index (κ2) is 8.37. The molecule has 0 heterocycles. The molecule has 2 aromatic carbocycles. The maximum Gasteiger partial charge on any atom is 0.420 e. The maximum atomic E-state index is 13.3. The molecule has 0 unspecified atom stereocenters. The van der Waals surface area contributed by atoms with Crippen LogP contribution in [-0.4, -0.2) is 24.5 Å². The Morgan fingerprint density at radius 2 is 1.72 bits per heavy atom. The van der Waals surface area contributed by atoms with Crippen LogP contribution in [0.3, 0.4) is 0 Å². The first-order valence-corrected chi connectivity index (χ1v) is 10.3. The Labute approximate surface area is 183 Å². The van der Waals surface area contributed by atoms with E-state index in [2.05, 4.69) is 10.6 Å². The Morgan fingerprint density at radius 3 is 2.28 bits per heavy atom. The zero-order valence-electron chi connectivity index (χ0n) is 17.4. The summed E-state index contributed by atoms with van der Waals surface area (Å²) in [6.07, 6.45) is -1.61. The largest absolute Gasteiger partial charge is 0.497 e. The van der Waals surface area contributed by atoms with Crippen LogP contribution in [0.5, 0.6) is 17.2 Å². The van der Waals surface area contributed by atoms with Crippen LogP contribution in [0.15, 0.2) is 42.5 Å². The number of methoxy groups -OCH3 is 1. The number of hydrogen-bond donors (Lipinski definition) is 2. The normalized spacial score (nSPS) is 16.8. The van der Waals surface area contributed by atoms with E-state index >= 15 is 0 Å². The summed E-state index contributed by atoms with van der Waals surface area (Å²) in [5.74, 6) is -0.266. The van der Waals surface area contributed by atoms with E-state index in [0.717, 1.165) is 24.5 Å². The zero-order valence-corrected chi connectivity index (χ0v) is 17.4. The lowest BCUT2D eigenvalue weighted by Crippen LogP contribution is -2.49. The SMILES string of the molecule is COc1ccc(Oc2ccc(CNC(=O)C3(NC(=O)C4CC4)CC3)cc2)c(C(F)(F)F)c1. The van der Waals surface area contributed by atoms with Gasteiger partial charge < -0.3 is 20.1 Å². The van der Waals surface area contributed by atoms with Gasteiger partial charge in [0.1, 0.15) is 28.4 Å². The molecule has 9 heteroatoms. The lowest BCUT2D eigenvalue weighted by Gasteiger charge is -2.17. The molecule has 2 aliphatic carbocycles. The van der Waals surface area contributed by atoms with Crippen molar-refractivity contribution in [1.29, 1.82) is 0 Å². The van der Waals surface area contributed by atoms with Gasteiger partial charge in [-0.15, -0.1) is 0 Å². The molecular formula is C23H23F3N2O4. The summed E-state index contributed by atoms with van der Waals surface area (Å²) in [6, 6.07) is 9.88. The van der Waals surface area contributed by atoms with Crippen LogP contribution in [0.1, 0.15) is 36.8 Å². The third kappa shape index (κ3) is 4.98. The third-order valence-corrected chi connectivity index (χ3v) is 5.59. The van der Waals surface area contributed by atoms with Gasteiger partial charge in [-0.1, -0.05) is 12.1 Å². The molecule has 0 bridgehead atoms. The number of halogens is 3. The van der Waals surface area contributed by atoms with E-state index < -0.39 is 17.3 Å². The molecule has 32 heavy (non-hydrogen) atoms. The highest BCUT2D eigenvalue weighted by molar-refractivity contribution is 5.95. The van der Waals surface area contributed by atoms with Crippen LogP contribution in [0, 0.1) is 5.92 Å². The predicted molar refractivity (Wildman–Crippen MR) is 109 cm³/mol. The molecule has 2 aromatic rings. The summed E-state index contributed by atoms with van der Waals surface area (Å²) < 4.78 is 50.3. The second-order valence-corrected chi connectivity index (χ2v) is 8.13. The summed E-state index contributed by atoms with van der Waals surface area (Å²) in [7, 11) is 1.29. The molecule has 2 aliphatic rings. The van der Waals surface area contributed by atoms with E-state index in [0.29, 0.717) is 12.8 Å². The summed E-state index contributed by atoms with van der Waals surface area (Å²) >= 11 is 0. The van der Waals surface area contributed by atoms with Crippen LogP contribution < -0.4 is 20.1 Å². The summed E-state index contributed by atoms with van der Waals surface area (Å²) in [5.41, 5.74) is -0.984. The molecule has 0 aromatic heterocycles. The number of carbonyl (C=O) groups excluding carboxylic acids is 2. The zero-order chi connectivity index (χ0) is 22.9. The lowest BCUT2D eigenvalue weighted by atomic mass is 10.1. The summed E-state index contributed by atoms with van der Waals surface area (Å²) in [4.78, 5) is 24.5. The minimum absolute atomic E-state index is 0.0383. The molecule has 2 fully saturated rings. The number of rotatable bonds is 8. The molecule has 0 atom stereocenters. The fourth-order valence-electron chi connectivity index (χ4n) is 3.32. The van der Waals surface area contributed by atoms with Crippen molar-refractivity contribution in [2.45, 2.75) is 43.9 Å². The first-order valence-electron chi connectivity index (χ1n) is 10.3. The van der Waals surface area contributed by atoms with Crippen molar-refractivity contribution in [3.63, 3.8) is 0 Å². The van der Waals surface area contributed by atoms with E-state index in [1.807, 2.05) is 0 Å². The Hall–Kier alpha value is -3.23. The highest BCUT2D eigenvalue weighted by atomic mass is 19.4. The number of alkyl halides is 3. The first-order chi connectivity index (χ1) is 15.2. The average molecular weight is 448 g/mol. The Morgan fingerprint density at radius 1 is 1.06 bits per heavy atom. The van der Waals surface area contributed by atoms with Gasteiger partial charge in [0, 0.05) is 12.5 Å². The number of nitrogens with one attached hydrogen (secondary N) is 2. The van der Waals surface area contributed by atoms with E-state index in [9.17, 15) is 22.8 Å². The van der Waals surface area contributed by atoms with Crippen LogP contribution in [0.25, 0.3) is 0 Å². The van der Waals surface area contributed by atoms with Crippen molar-refractivity contribution >= 4 is 11.8 Å². The predicted octanol–water partition coefficient (Wildman–Crippen LogP) is 4.18. The number of carbonyl (C=O) groups is 2. The Kier molecular flexibility index (Phi) is 5.75. The number of ether oxygens (including phenoxy) is 2. The average Bonchev–Trinajstić information content (AvgIpc) is 3.67.